The predicted octanol–water partition coefficient (Wildman–Crippen LogP) is 1.87. The Labute approximate surface area is 104 Å². The van der Waals surface area contributed by atoms with E-state index in [1.807, 2.05) is 6.92 Å². The van der Waals surface area contributed by atoms with Crippen molar-refractivity contribution in [2.24, 2.45) is 11.7 Å². The molecular weight excluding hydrogens is 212 g/mol. The van der Waals surface area contributed by atoms with Crippen LogP contribution < -0.4 is 10.5 Å². The van der Waals surface area contributed by atoms with E-state index in [2.05, 4.69) is 29.2 Å². The maximum absolute atomic E-state index is 5.70. The molecule has 1 saturated heterocycles. The van der Waals surface area contributed by atoms with Crippen LogP contribution in [0.25, 0.3) is 0 Å². The minimum absolute atomic E-state index is 0.692. The highest BCUT2D eigenvalue weighted by Crippen LogP contribution is 2.19. The number of hydrogen-bond donors (Lipinski definition) is 1. The van der Waals surface area contributed by atoms with Crippen LogP contribution >= 0.6 is 0 Å². The lowest BCUT2D eigenvalue weighted by atomic mass is 10.1. The molecule has 1 aromatic carbocycles. The van der Waals surface area contributed by atoms with Gasteiger partial charge in [-0.05, 0) is 50.0 Å². The highest BCUT2D eigenvalue weighted by Gasteiger charge is 2.20. The fourth-order valence-electron chi connectivity index (χ4n) is 2.36. The smallest absolute Gasteiger partial charge is 0.119 e. The monoisotopic (exact) mass is 234 g/mol. The summed E-state index contributed by atoms with van der Waals surface area (Å²) >= 11 is 0. The normalized spacial score (nSPS) is 20.7. The van der Waals surface area contributed by atoms with Crippen molar-refractivity contribution in [1.82, 2.24) is 4.90 Å². The van der Waals surface area contributed by atoms with Crippen molar-refractivity contribution >= 4 is 0 Å². The molecule has 94 valence electrons. The molecule has 3 nitrogen and oxygen atoms in total. The van der Waals surface area contributed by atoms with Gasteiger partial charge in [0, 0.05) is 13.1 Å². The van der Waals surface area contributed by atoms with Crippen LogP contribution in [-0.2, 0) is 6.54 Å². The molecular formula is C14H22N2O. The predicted molar refractivity (Wildman–Crippen MR) is 70.0 cm³/mol. The van der Waals surface area contributed by atoms with Gasteiger partial charge in [-0.2, -0.15) is 0 Å². The van der Waals surface area contributed by atoms with E-state index in [1.165, 1.54) is 18.5 Å². The standard InChI is InChI=1S/C14H22N2O/c1-2-17-14-5-3-12(4-6-14)10-16-8-7-13(9-15)11-16/h3-6,13H,2,7-11,15H2,1H3. The third kappa shape index (κ3) is 3.45. The van der Waals surface area contributed by atoms with E-state index in [4.69, 9.17) is 10.5 Å². The van der Waals surface area contributed by atoms with Crippen LogP contribution in [0, 0.1) is 5.92 Å². The van der Waals surface area contributed by atoms with E-state index in [-0.39, 0.29) is 0 Å². The minimum Gasteiger partial charge on any atom is -0.494 e. The topological polar surface area (TPSA) is 38.5 Å². The van der Waals surface area contributed by atoms with E-state index < -0.39 is 0 Å². The van der Waals surface area contributed by atoms with E-state index in [0.717, 1.165) is 32.0 Å². The Morgan fingerprint density at radius 3 is 2.71 bits per heavy atom. The average molecular weight is 234 g/mol. The molecule has 1 unspecified atom stereocenters. The second-order valence-electron chi connectivity index (χ2n) is 4.70. The van der Waals surface area contributed by atoms with Gasteiger partial charge in [-0.25, -0.2) is 0 Å². The number of nitrogens with zero attached hydrogens (tertiary/aromatic N) is 1. The van der Waals surface area contributed by atoms with Gasteiger partial charge in [-0.3, -0.25) is 4.90 Å². The van der Waals surface area contributed by atoms with E-state index >= 15 is 0 Å². The van der Waals surface area contributed by atoms with Gasteiger partial charge in [0.05, 0.1) is 6.61 Å². The Hall–Kier alpha value is -1.06. The van der Waals surface area contributed by atoms with Gasteiger partial charge >= 0.3 is 0 Å². The van der Waals surface area contributed by atoms with Crippen LogP contribution in [-0.4, -0.2) is 31.1 Å². The molecule has 0 aliphatic carbocycles. The Morgan fingerprint density at radius 1 is 1.35 bits per heavy atom. The molecule has 1 heterocycles. The Bertz CT molecular complexity index is 337. The van der Waals surface area contributed by atoms with Gasteiger partial charge in [0.25, 0.3) is 0 Å². The van der Waals surface area contributed by atoms with Crippen molar-refractivity contribution in [3.63, 3.8) is 0 Å². The Morgan fingerprint density at radius 2 is 2.12 bits per heavy atom. The van der Waals surface area contributed by atoms with Crippen LogP contribution in [0.15, 0.2) is 24.3 Å². The molecule has 0 bridgehead atoms. The Kier molecular flexibility index (Phi) is 4.40. The summed E-state index contributed by atoms with van der Waals surface area (Å²) in [6, 6.07) is 8.41. The molecule has 1 aliphatic heterocycles. The van der Waals surface area contributed by atoms with Gasteiger partial charge in [0.2, 0.25) is 0 Å². The zero-order valence-corrected chi connectivity index (χ0v) is 10.6. The lowest BCUT2D eigenvalue weighted by Crippen LogP contribution is -2.22. The summed E-state index contributed by atoms with van der Waals surface area (Å²) in [5.41, 5.74) is 7.05. The van der Waals surface area contributed by atoms with Crippen molar-refractivity contribution in [3.8, 4) is 5.75 Å². The molecule has 0 spiro atoms. The van der Waals surface area contributed by atoms with Gasteiger partial charge < -0.3 is 10.5 Å². The van der Waals surface area contributed by atoms with Crippen molar-refractivity contribution < 1.29 is 4.74 Å². The SMILES string of the molecule is CCOc1ccc(CN2CCC(CN)C2)cc1. The first kappa shape index (κ1) is 12.4. The maximum Gasteiger partial charge on any atom is 0.119 e. The second-order valence-corrected chi connectivity index (χ2v) is 4.70. The number of rotatable bonds is 5. The number of ether oxygens (including phenoxy) is 1. The molecule has 0 radical (unpaired) electrons. The third-order valence-corrected chi connectivity index (χ3v) is 3.34. The first-order chi connectivity index (χ1) is 8.31. The van der Waals surface area contributed by atoms with E-state index in [0.29, 0.717) is 5.92 Å². The molecule has 0 aromatic heterocycles. The molecule has 1 atom stereocenters. The minimum atomic E-state index is 0.692. The Balaban J connectivity index is 1.86. The number of hydrogen-bond acceptors (Lipinski definition) is 3. The van der Waals surface area contributed by atoms with Gasteiger partial charge in [-0.1, -0.05) is 12.1 Å². The number of nitrogens with two attached hydrogens (primary N) is 1. The van der Waals surface area contributed by atoms with Gasteiger partial charge in [0.15, 0.2) is 0 Å². The fraction of sp³-hybridized carbons (Fsp3) is 0.571. The van der Waals surface area contributed by atoms with Crippen molar-refractivity contribution in [2.45, 2.75) is 19.9 Å². The molecule has 3 heteroatoms. The highest BCUT2D eigenvalue weighted by molar-refractivity contribution is 5.27. The van der Waals surface area contributed by atoms with Crippen molar-refractivity contribution in [3.05, 3.63) is 29.8 Å². The van der Waals surface area contributed by atoms with E-state index in [9.17, 15) is 0 Å². The number of benzene rings is 1. The lowest BCUT2D eigenvalue weighted by Gasteiger charge is -2.15. The second kappa shape index (κ2) is 6.03. The van der Waals surface area contributed by atoms with E-state index in [1.54, 1.807) is 0 Å². The lowest BCUT2D eigenvalue weighted by molar-refractivity contribution is 0.317. The summed E-state index contributed by atoms with van der Waals surface area (Å²) in [6.45, 7) is 6.90. The van der Waals surface area contributed by atoms with Crippen LogP contribution in [0.4, 0.5) is 0 Å². The third-order valence-electron chi connectivity index (χ3n) is 3.34. The van der Waals surface area contributed by atoms with Crippen LogP contribution in [0.3, 0.4) is 0 Å². The maximum atomic E-state index is 5.70. The zero-order chi connectivity index (χ0) is 12.1. The van der Waals surface area contributed by atoms with Gasteiger partial charge in [-0.15, -0.1) is 0 Å². The molecule has 1 aliphatic rings. The quantitative estimate of drug-likeness (QED) is 0.845. The number of likely N-dealkylation sites (tertiary alicyclic amines) is 1. The summed E-state index contributed by atoms with van der Waals surface area (Å²) in [5.74, 6) is 1.65. The molecule has 1 fully saturated rings. The molecule has 2 N–H and O–H groups in total. The first-order valence-corrected chi connectivity index (χ1v) is 6.46. The van der Waals surface area contributed by atoms with Crippen molar-refractivity contribution in [1.29, 1.82) is 0 Å². The summed E-state index contributed by atoms with van der Waals surface area (Å²) in [6.07, 6.45) is 1.24. The summed E-state index contributed by atoms with van der Waals surface area (Å²) in [4.78, 5) is 2.48. The molecule has 0 amide bonds. The molecule has 1 aromatic rings. The average Bonchev–Trinajstić information content (AvgIpc) is 2.80. The zero-order valence-electron chi connectivity index (χ0n) is 10.6. The summed E-state index contributed by atoms with van der Waals surface area (Å²) in [5, 5.41) is 0. The summed E-state index contributed by atoms with van der Waals surface area (Å²) in [7, 11) is 0. The van der Waals surface area contributed by atoms with Crippen molar-refractivity contribution in [2.75, 3.05) is 26.2 Å². The largest absolute Gasteiger partial charge is 0.494 e. The molecule has 17 heavy (non-hydrogen) atoms. The van der Waals surface area contributed by atoms with Gasteiger partial charge in [0.1, 0.15) is 5.75 Å². The van der Waals surface area contributed by atoms with Crippen LogP contribution in [0.2, 0.25) is 0 Å². The van der Waals surface area contributed by atoms with Crippen LogP contribution in [0.1, 0.15) is 18.9 Å². The fourth-order valence-corrected chi connectivity index (χ4v) is 2.36. The molecule has 2 rings (SSSR count). The first-order valence-electron chi connectivity index (χ1n) is 6.46. The highest BCUT2D eigenvalue weighted by atomic mass is 16.5. The van der Waals surface area contributed by atoms with Crippen LogP contribution in [0.5, 0.6) is 5.75 Å². The molecule has 0 saturated carbocycles. The summed E-state index contributed by atoms with van der Waals surface area (Å²) < 4.78 is 5.44.